The number of carboxylic acids is 1. The van der Waals surface area contributed by atoms with E-state index in [2.05, 4.69) is 5.32 Å². The third-order valence-corrected chi connectivity index (χ3v) is 3.48. The fraction of sp³-hybridized carbons (Fsp3) is 0.500. The van der Waals surface area contributed by atoms with Crippen molar-refractivity contribution in [3.05, 3.63) is 29.3 Å². The summed E-state index contributed by atoms with van der Waals surface area (Å²) < 4.78 is 5.50. The van der Waals surface area contributed by atoms with E-state index in [1.54, 1.807) is 18.2 Å². The Morgan fingerprint density at radius 2 is 2.14 bits per heavy atom. The summed E-state index contributed by atoms with van der Waals surface area (Å²) in [7, 11) is 0. The average Bonchev–Trinajstić information content (AvgIpc) is 2.45. The maximum atomic E-state index is 12.2. The Labute approximate surface area is 124 Å². The molecule has 1 atom stereocenters. The highest BCUT2D eigenvalue weighted by Gasteiger charge is 2.22. The van der Waals surface area contributed by atoms with Crippen LogP contribution in [0.3, 0.4) is 0 Å². The monoisotopic (exact) mass is 291 g/mol. The van der Waals surface area contributed by atoms with E-state index in [9.17, 15) is 14.7 Å². The molecular formula is C16H21NO4. The molecule has 0 unspecified atom stereocenters. The number of amides is 1. The number of hydrogen-bond donors (Lipinski definition) is 2. The van der Waals surface area contributed by atoms with Crippen molar-refractivity contribution in [2.75, 3.05) is 6.61 Å². The van der Waals surface area contributed by atoms with Crippen LogP contribution in [0, 0.1) is 5.92 Å². The topological polar surface area (TPSA) is 75.6 Å². The van der Waals surface area contributed by atoms with Crippen molar-refractivity contribution in [2.24, 2.45) is 5.92 Å². The van der Waals surface area contributed by atoms with Gasteiger partial charge >= 0.3 is 5.97 Å². The lowest BCUT2D eigenvalue weighted by Crippen LogP contribution is -2.41. The van der Waals surface area contributed by atoms with Crippen LogP contribution in [-0.4, -0.2) is 29.6 Å². The molecule has 1 heterocycles. The molecule has 2 N–H and O–H groups in total. The molecule has 0 radical (unpaired) electrons. The van der Waals surface area contributed by atoms with Gasteiger partial charge in [0.1, 0.15) is 11.8 Å². The molecule has 0 fully saturated rings. The van der Waals surface area contributed by atoms with Crippen molar-refractivity contribution < 1.29 is 19.4 Å². The smallest absolute Gasteiger partial charge is 0.326 e. The minimum atomic E-state index is -1.00. The largest absolute Gasteiger partial charge is 0.493 e. The second-order valence-electron chi connectivity index (χ2n) is 5.77. The van der Waals surface area contributed by atoms with Crippen molar-refractivity contribution in [1.29, 1.82) is 0 Å². The molecule has 0 aromatic heterocycles. The predicted molar refractivity (Wildman–Crippen MR) is 78.6 cm³/mol. The molecule has 1 aromatic rings. The summed E-state index contributed by atoms with van der Waals surface area (Å²) in [6, 6.07) is 4.39. The summed E-state index contributed by atoms with van der Waals surface area (Å²) in [5, 5.41) is 11.8. The van der Waals surface area contributed by atoms with E-state index in [0.29, 0.717) is 18.6 Å². The molecule has 5 nitrogen and oxygen atoms in total. The maximum absolute atomic E-state index is 12.2. The van der Waals surface area contributed by atoms with Gasteiger partial charge in [-0.25, -0.2) is 4.79 Å². The number of fused-ring (bicyclic) bond motifs is 1. The van der Waals surface area contributed by atoms with Crippen molar-refractivity contribution in [1.82, 2.24) is 5.32 Å². The zero-order valence-corrected chi connectivity index (χ0v) is 12.4. The third kappa shape index (κ3) is 3.97. The van der Waals surface area contributed by atoms with Crippen LogP contribution in [-0.2, 0) is 11.2 Å². The van der Waals surface area contributed by atoms with Gasteiger partial charge in [-0.3, -0.25) is 4.79 Å². The fourth-order valence-electron chi connectivity index (χ4n) is 2.44. The second kappa shape index (κ2) is 6.61. The van der Waals surface area contributed by atoms with Crippen LogP contribution in [0.15, 0.2) is 18.2 Å². The lowest BCUT2D eigenvalue weighted by atomic mass is 10.0. The summed E-state index contributed by atoms with van der Waals surface area (Å²) in [6.07, 6.45) is 2.23. The number of nitrogens with one attached hydrogen (secondary N) is 1. The van der Waals surface area contributed by atoms with Crippen molar-refractivity contribution in [2.45, 2.75) is 39.2 Å². The molecule has 1 aliphatic rings. The first-order valence-corrected chi connectivity index (χ1v) is 7.26. The van der Waals surface area contributed by atoms with E-state index in [1.165, 1.54) is 0 Å². The number of hydrogen-bond acceptors (Lipinski definition) is 3. The highest BCUT2D eigenvalue weighted by molar-refractivity contribution is 5.96. The number of carbonyl (C=O) groups excluding carboxylic acids is 1. The summed E-state index contributed by atoms with van der Waals surface area (Å²) in [5.74, 6) is -0.340. The molecule has 0 saturated carbocycles. The van der Waals surface area contributed by atoms with Crippen molar-refractivity contribution >= 4 is 11.9 Å². The highest BCUT2D eigenvalue weighted by atomic mass is 16.5. The van der Waals surface area contributed by atoms with Gasteiger partial charge in [0.25, 0.3) is 5.91 Å². The number of ether oxygens (including phenoxy) is 1. The summed E-state index contributed by atoms with van der Waals surface area (Å²) in [4.78, 5) is 23.4. The van der Waals surface area contributed by atoms with E-state index in [4.69, 9.17) is 4.74 Å². The first kappa shape index (κ1) is 15.4. The van der Waals surface area contributed by atoms with E-state index in [1.807, 2.05) is 13.8 Å². The van der Waals surface area contributed by atoms with Gasteiger partial charge in [0.15, 0.2) is 0 Å². The van der Waals surface area contributed by atoms with Gasteiger partial charge in [-0.2, -0.15) is 0 Å². The first-order chi connectivity index (χ1) is 9.97. The molecule has 114 valence electrons. The Morgan fingerprint density at radius 1 is 1.38 bits per heavy atom. The molecule has 0 bridgehead atoms. The molecule has 1 amide bonds. The Hall–Kier alpha value is -2.04. The average molecular weight is 291 g/mol. The zero-order chi connectivity index (χ0) is 15.4. The predicted octanol–water partition coefficient (Wildman–Crippen LogP) is 2.24. The van der Waals surface area contributed by atoms with Gasteiger partial charge in [0.2, 0.25) is 0 Å². The van der Waals surface area contributed by atoms with Crippen LogP contribution >= 0.6 is 0 Å². The molecular weight excluding hydrogens is 270 g/mol. The van der Waals surface area contributed by atoms with Crippen LogP contribution in [0.25, 0.3) is 0 Å². The summed E-state index contributed by atoms with van der Waals surface area (Å²) in [5.41, 5.74) is 1.49. The van der Waals surface area contributed by atoms with Crippen molar-refractivity contribution in [3.63, 3.8) is 0 Å². The standard InChI is InChI=1S/C16H21NO4/c1-10(2)8-13(16(19)20)17-15(18)12-5-6-14-11(9-12)4-3-7-21-14/h5-6,9-10,13H,3-4,7-8H2,1-2H3,(H,17,18)(H,19,20)/t13-/m0/s1. The van der Waals surface area contributed by atoms with Gasteiger partial charge in [-0.05, 0) is 48.9 Å². The first-order valence-electron chi connectivity index (χ1n) is 7.26. The molecule has 5 heteroatoms. The minimum Gasteiger partial charge on any atom is -0.493 e. The minimum absolute atomic E-state index is 0.198. The number of carboxylic acid groups (broad SMARTS) is 1. The summed E-state index contributed by atoms with van der Waals surface area (Å²) in [6.45, 7) is 4.56. The van der Waals surface area contributed by atoms with E-state index in [-0.39, 0.29) is 11.8 Å². The zero-order valence-electron chi connectivity index (χ0n) is 12.4. The van der Waals surface area contributed by atoms with Gasteiger partial charge in [-0.1, -0.05) is 13.8 Å². The fourth-order valence-corrected chi connectivity index (χ4v) is 2.44. The van der Waals surface area contributed by atoms with Gasteiger partial charge in [0, 0.05) is 5.56 Å². The van der Waals surface area contributed by atoms with Gasteiger partial charge in [0.05, 0.1) is 6.61 Å². The van der Waals surface area contributed by atoms with Gasteiger partial charge in [-0.15, -0.1) is 0 Å². The molecule has 2 rings (SSSR count). The Bertz CT molecular complexity index is 539. The Balaban J connectivity index is 2.10. The molecule has 21 heavy (non-hydrogen) atoms. The molecule has 0 aliphatic carbocycles. The lowest BCUT2D eigenvalue weighted by molar-refractivity contribution is -0.139. The lowest BCUT2D eigenvalue weighted by Gasteiger charge is -2.19. The number of aryl methyl sites for hydroxylation is 1. The number of rotatable bonds is 5. The Kier molecular flexibility index (Phi) is 4.83. The third-order valence-electron chi connectivity index (χ3n) is 3.48. The number of carbonyl (C=O) groups is 2. The van der Waals surface area contributed by atoms with E-state index in [0.717, 1.165) is 24.2 Å². The molecule has 0 saturated heterocycles. The van der Waals surface area contributed by atoms with Gasteiger partial charge < -0.3 is 15.2 Å². The Morgan fingerprint density at radius 3 is 2.81 bits per heavy atom. The normalized spacial score (nSPS) is 15.0. The summed E-state index contributed by atoms with van der Waals surface area (Å²) >= 11 is 0. The SMILES string of the molecule is CC(C)C[C@H](NC(=O)c1ccc2c(c1)CCCO2)C(=O)O. The van der Waals surface area contributed by atoms with Crippen LogP contribution in [0.2, 0.25) is 0 Å². The second-order valence-corrected chi connectivity index (χ2v) is 5.77. The number of aliphatic carboxylic acids is 1. The molecule has 0 spiro atoms. The van der Waals surface area contributed by atoms with Crippen LogP contribution in [0.5, 0.6) is 5.75 Å². The van der Waals surface area contributed by atoms with Crippen LogP contribution in [0.1, 0.15) is 42.6 Å². The van der Waals surface area contributed by atoms with Crippen molar-refractivity contribution in [3.8, 4) is 5.75 Å². The van der Waals surface area contributed by atoms with Crippen LogP contribution in [0.4, 0.5) is 0 Å². The molecule has 1 aliphatic heterocycles. The number of benzene rings is 1. The van der Waals surface area contributed by atoms with E-state index < -0.39 is 12.0 Å². The molecule has 1 aromatic carbocycles. The van der Waals surface area contributed by atoms with Crippen LogP contribution < -0.4 is 10.1 Å². The highest BCUT2D eigenvalue weighted by Crippen LogP contribution is 2.25. The maximum Gasteiger partial charge on any atom is 0.326 e. The quantitative estimate of drug-likeness (QED) is 0.872. The van der Waals surface area contributed by atoms with E-state index >= 15 is 0 Å².